The van der Waals surface area contributed by atoms with Gasteiger partial charge in [0.2, 0.25) is 0 Å². The zero-order chi connectivity index (χ0) is 9.84. The summed E-state index contributed by atoms with van der Waals surface area (Å²) >= 11 is 0. The molecule has 5 heteroatoms. The average molecular weight is 181 g/mol. The Balaban J connectivity index is 2.72. The van der Waals surface area contributed by atoms with Crippen molar-refractivity contribution in [3.8, 4) is 0 Å². The van der Waals surface area contributed by atoms with Gasteiger partial charge in [-0.05, 0) is 0 Å². The first-order valence-corrected chi connectivity index (χ1v) is 3.77. The molecule has 0 aromatic carbocycles. The highest BCUT2D eigenvalue weighted by Crippen LogP contribution is 1.94. The van der Waals surface area contributed by atoms with Gasteiger partial charge in [0.1, 0.15) is 0 Å². The summed E-state index contributed by atoms with van der Waals surface area (Å²) in [4.78, 5) is 11.3. The highest BCUT2D eigenvalue weighted by atomic mass is 16.5. The topological polar surface area (TPSA) is 59.3 Å². The van der Waals surface area contributed by atoms with Gasteiger partial charge >= 0.3 is 0 Å². The standard InChI is InChI=1S/C8H11N3O2/c1-10(2)9-8(12)7-3-5-11(13)6-4-7/h3-6H,1-2H3,(H,9,12). The minimum atomic E-state index is -0.231. The first kappa shape index (κ1) is 9.47. The van der Waals surface area contributed by atoms with Gasteiger partial charge in [-0.15, -0.1) is 0 Å². The summed E-state index contributed by atoms with van der Waals surface area (Å²) < 4.78 is 0.631. The molecule has 1 aromatic heterocycles. The van der Waals surface area contributed by atoms with Gasteiger partial charge in [-0.3, -0.25) is 10.2 Å². The lowest BCUT2D eigenvalue weighted by Gasteiger charge is -2.10. The van der Waals surface area contributed by atoms with Crippen molar-refractivity contribution in [3.63, 3.8) is 0 Å². The Hall–Kier alpha value is -1.62. The van der Waals surface area contributed by atoms with Crippen LogP contribution in [0.2, 0.25) is 0 Å². The molecule has 0 aliphatic carbocycles. The van der Waals surface area contributed by atoms with Crippen LogP contribution >= 0.6 is 0 Å². The van der Waals surface area contributed by atoms with E-state index in [1.807, 2.05) is 0 Å². The molecule has 0 spiro atoms. The molecule has 0 atom stereocenters. The summed E-state index contributed by atoms with van der Waals surface area (Å²) in [7, 11) is 3.43. The maximum Gasteiger partial charge on any atom is 0.266 e. The van der Waals surface area contributed by atoms with E-state index in [0.29, 0.717) is 10.3 Å². The number of carbonyl (C=O) groups excluding carboxylic acids is 1. The minimum absolute atomic E-state index is 0.231. The third-order valence-corrected chi connectivity index (χ3v) is 1.39. The van der Waals surface area contributed by atoms with Crippen LogP contribution in [0, 0.1) is 5.21 Å². The zero-order valence-corrected chi connectivity index (χ0v) is 7.52. The normalized spacial score (nSPS) is 10.1. The molecule has 1 rings (SSSR count). The summed E-state index contributed by atoms with van der Waals surface area (Å²) in [5, 5.41) is 12.2. The summed E-state index contributed by atoms with van der Waals surface area (Å²) in [6.45, 7) is 0. The largest absolute Gasteiger partial charge is 0.619 e. The van der Waals surface area contributed by atoms with Gasteiger partial charge in [0, 0.05) is 26.2 Å². The van der Waals surface area contributed by atoms with Crippen molar-refractivity contribution in [1.82, 2.24) is 10.4 Å². The Morgan fingerprint density at radius 2 is 2.00 bits per heavy atom. The summed E-state index contributed by atoms with van der Waals surface area (Å²) in [6.07, 6.45) is 2.56. The fraction of sp³-hybridized carbons (Fsp3) is 0.250. The van der Waals surface area contributed by atoms with E-state index in [4.69, 9.17) is 0 Å². The molecule has 0 saturated heterocycles. The van der Waals surface area contributed by atoms with E-state index in [0.717, 1.165) is 0 Å². The maximum absolute atomic E-state index is 11.3. The Bertz CT molecular complexity index is 295. The molecule has 0 aliphatic heterocycles. The highest BCUT2D eigenvalue weighted by Gasteiger charge is 2.06. The van der Waals surface area contributed by atoms with E-state index < -0.39 is 0 Å². The Labute approximate surface area is 76.1 Å². The van der Waals surface area contributed by atoms with Crippen molar-refractivity contribution in [3.05, 3.63) is 35.3 Å². The van der Waals surface area contributed by atoms with Crippen LogP contribution in [0.4, 0.5) is 0 Å². The number of nitrogens with zero attached hydrogens (tertiary/aromatic N) is 2. The molecule has 0 radical (unpaired) electrons. The highest BCUT2D eigenvalue weighted by molar-refractivity contribution is 5.93. The van der Waals surface area contributed by atoms with Crippen LogP contribution in [0.3, 0.4) is 0 Å². The lowest BCUT2D eigenvalue weighted by atomic mass is 10.2. The number of amides is 1. The van der Waals surface area contributed by atoms with Gasteiger partial charge in [0.15, 0.2) is 12.4 Å². The third-order valence-electron chi connectivity index (χ3n) is 1.39. The lowest BCUT2D eigenvalue weighted by Crippen LogP contribution is -2.36. The van der Waals surface area contributed by atoms with Crippen molar-refractivity contribution in [2.45, 2.75) is 0 Å². The molecular formula is C8H11N3O2. The van der Waals surface area contributed by atoms with Crippen molar-refractivity contribution in [1.29, 1.82) is 0 Å². The fourth-order valence-corrected chi connectivity index (χ4v) is 0.832. The van der Waals surface area contributed by atoms with E-state index in [1.165, 1.54) is 24.5 Å². The minimum Gasteiger partial charge on any atom is -0.619 e. The smallest absolute Gasteiger partial charge is 0.266 e. The molecular weight excluding hydrogens is 170 g/mol. The van der Waals surface area contributed by atoms with Crippen LogP contribution in [0.1, 0.15) is 10.4 Å². The van der Waals surface area contributed by atoms with E-state index in [2.05, 4.69) is 5.43 Å². The van der Waals surface area contributed by atoms with Crippen molar-refractivity contribution < 1.29 is 9.52 Å². The quantitative estimate of drug-likeness (QED) is 0.381. The number of hydrogen-bond acceptors (Lipinski definition) is 3. The second-order valence-corrected chi connectivity index (χ2v) is 2.78. The number of rotatable bonds is 2. The monoisotopic (exact) mass is 181 g/mol. The average Bonchev–Trinajstić information content (AvgIpc) is 2.04. The summed E-state index contributed by atoms with van der Waals surface area (Å²) in [5.74, 6) is -0.231. The molecule has 0 saturated carbocycles. The molecule has 0 aliphatic rings. The molecule has 1 N–H and O–H groups in total. The molecule has 5 nitrogen and oxygen atoms in total. The summed E-state index contributed by atoms with van der Waals surface area (Å²) in [6, 6.07) is 2.93. The van der Waals surface area contributed by atoms with Crippen LogP contribution in [0.25, 0.3) is 0 Å². The number of pyridine rings is 1. The first-order chi connectivity index (χ1) is 6.09. The van der Waals surface area contributed by atoms with E-state index in [-0.39, 0.29) is 5.91 Å². The van der Waals surface area contributed by atoms with Gasteiger partial charge in [-0.2, -0.15) is 4.73 Å². The molecule has 1 heterocycles. The first-order valence-electron chi connectivity index (χ1n) is 3.77. The number of carbonyl (C=O) groups is 1. The lowest BCUT2D eigenvalue weighted by molar-refractivity contribution is -0.605. The summed E-state index contributed by atoms with van der Waals surface area (Å²) in [5.41, 5.74) is 3.02. The zero-order valence-electron chi connectivity index (χ0n) is 7.52. The van der Waals surface area contributed by atoms with Crippen molar-refractivity contribution in [2.75, 3.05) is 14.1 Å². The SMILES string of the molecule is CN(C)NC(=O)c1cc[n+]([O-])cc1. The van der Waals surface area contributed by atoms with Gasteiger partial charge in [0.05, 0.1) is 5.56 Å². The van der Waals surface area contributed by atoms with Crippen molar-refractivity contribution >= 4 is 5.91 Å². The second-order valence-electron chi connectivity index (χ2n) is 2.78. The van der Waals surface area contributed by atoms with Gasteiger partial charge in [-0.25, -0.2) is 5.01 Å². The molecule has 0 fully saturated rings. The van der Waals surface area contributed by atoms with Crippen LogP contribution in [0.5, 0.6) is 0 Å². The van der Waals surface area contributed by atoms with E-state index in [1.54, 1.807) is 19.1 Å². The number of nitrogens with one attached hydrogen (secondary N) is 1. The Kier molecular flexibility index (Phi) is 2.81. The molecule has 70 valence electrons. The predicted octanol–water partition coefficient (Wildman–Crippen LogP) is -0.474. The van der Waals surface area contributed by atoms with Crippen molar-refractivity contribution in [2.24, 2.45) is 0 Å². The second kappa shape index (κ2) is 3.86. The number of hydrogen-bond donors (Lipinski definition) is 1. The predicted molar refractivity (Wildman–Crippen MR) is 46.6 cm³/mol. The van der Waals surface area contributed by atoms with Gasteiger partial charge in [0.25, 0.3) is 5.91 Å². The number of aromatic nitrogens is 1. The van der Waals surface area contributed by atoms with Crippen LogP contribution in [-0.2, 0) is 0 Å². The van der Waals surface area contributed by atoms with Crippen LogP contribution in [0.15, 0.2) is 24.5 Å². The Morgan fingerprint density at radius 1 is 1.46 bits per heavy atom. The molecule has 13 heavy (non-hydrogen) atoms. The molecule has 1 amide bonds. The third kappa shape index (κ3) is 2.72. The van der Waals surface area contributed by atoms with Gasteiger partial charge < -0.3 is 5.21 Å². The Morgan fingerprint density at radius 3 is 2.46 bits per heavy atom. The van der Waals surface area contributed by atoms with E-state index in [9.17, 15) is 10.0 Å². The fourth-order valence-electron chi connectivity index (χ4n) is 0.832. The van der Waals surface area contributed by atoms with Crippen LogP contribution < -0.4 is 10.2 Å². The maximum atomic E-state index is 11.3. The molecule has 0 bridgehead atoms. The van der Waals surface area contributed by atoms with Crippen LogP contribution in [-0.4, -0.2) is 25.0 Å². The molecule has 0 unspecified atom stereocenters. The van der Waals surface area contributed by atoms with E-state index >= 15 is 0 Å². The molecule has 1 aromatic rings. The van der Waals surface area contributed by atoms with Gasteiger partial charge in [-0.1, -0.05) is 0 Å². The number of hydrazine groups is 1.